The van der Waals surface area contributed by atoms with E-state index in [1.165, 1.54) is 0 Å². The van der Waals surface area contributed by atoms with Gasteiger partial charge in [-0.3, -0.25) is 4.79 Å². The SMILES string of the molecule is N#Cc1c(N)[nH]c2c(Cl)cc(F)cc2c1=O. The van der Waals surface area contributed by atoms with Gasteiger partial charge < -0.3 is 10.7 Å². The summed E-state index contributed by atoms with van der Waals surface area (Å²) < 4.78 is 13.1. The Morgan fingerprint density at radius 3 is 2.81 bits per heavy atom. The lowest BCUT2D eigenvalue weighted by Crippen LogP contribution is -2.12. The number of nitrogen functional groups attached to an aromatic ring is 1. The number of aromatic nitrogens is 1. The summed E-state index contributed by atoms with van der Waals surface area (Å²) >= 11 is 5.75. The van der Waals surface area contributed by atoms with Crippen molar-refractivity contribution >= 4 is 28.3 Å². The van der Waals surface area contributed by atoms with Gasteiger partial charge in [-0.05, 0) is 12.1 Å². The summed E-state index contributed by atoms with van der Waals surface area (Å²) in [5.74, 6) is -0.717. The third-order valence-electron chi connectivity index (χ3n) is 2.17. The number of nitriles is 1. The van der Waals surface area contributed by atoms with Crippen molar-refractivity contribution in [1.82, 2.24) is 4.98 Å². The maximum atomic E-state index is 13.1. The number of aromatic amines is 1. The van der Waals surface area contributed by atoms with E-state index in [9.17, 15) is 9.18 Å². The molecular formula is C10H5ClFN3O. The summed E-state index contributed by atoms with van der Waals surface area (Å²) in [6.45, 7) is 0. The van der Waals surface area contributed by atoms with Gasteiger partial charge in [0.1, 0.15) is 23.3 Å². The Kier molecular flexibility index (Phi) is 2.29. The fourth-order valence-electron chi connectivity index (χ4n) is 1.44. The minimum Gasteiger partial charge on any atom is -0.384 e. The minimum atomic E-state index is -0.642. The first kappa shape index (κ1) is 10.5. The number of fused-ring (bicyclic) bond motifs is 1. The van der Waals surface area contributed by atoms with Crippen LogP contribution in [0.25, 0.3) is 10.9 Å². The molecule has 1 heterocycles. The Morgan fingerprint density at radius 2 is 2.19 bits per heavy atom. The van der Waals surface area contributed by atoms with E-state index in [0.717, 1.165) is 12.1 Å². The van der Waals surface area contributed by atoms with Gasteiger partial charge in [0.25, 0.3) is 0 Å². The molecule has 0 spiro atoms. The zero-order chi connectivity index (χ0) is 11.9. The lowest BCUT2D eigenvalue weighted by Gasteiger charge is -2.04. The average molecular weight is 238 g/mol. The molecule has 0 unspecified atom stereocenters. The molecule has 0 atom stereocenters. The van der Waals surface area contributed by atoms with Gasteiger partial charge in [0.2, 0.25) is 5.43 Å². The van der Waals surface area contributed by atoms with Crippen LogP contribution in [0.1, 0.15) is 5.56 Å². The van der Waals surface area contributed by atoms with Crippen LogP contribution in [0.4, 0.5) is 10.2 Å². The second-order valence-electron chi connectivity index (χ2n) is 3.16. The number of nitrogens with two attached hydrogens (primary N) is 1. The van der Waals surface area contributed by atoms with Crippen LogP contribution in [0.2, 0.25) is 5.02 Å². The van der Waals surface area contributed by atoms with Gasteiger partial charge in [-0.15, -0.1) is 0 Å². The molecule has 2 rings (SSSR count). The molecule has 0 aliphatic rings. The summed E-state index contributed by atoms with van der Waals surface area (Å²) in [6, 6.07) is 3.74. The third kappa shape index (κ3) is 1.40. The molecule has 0 aliphatic carbocycles. The second kappa shape index (κ2) is 3.51. The molecule has 0 bridgehead atoms. The number of rotatable bonds is 0. The quantitative estimate of drug-likeness (QED) is 0.733. The van der Waals surface area contributed by atoms with Crippen molar-refractivity contribution in [2.75, 3.05) is 5.73 Å². The lowest BCUT2D eigenvalue weighted by molar-refractivity contribution is 0.629. The van der Waals surface area contributed by atoms with Gasteiger partial charge in [0.05, 0.1) is 15.9 Å². The van der Waals surface area contributed by atoms with E-state index in [-0.39, 0.29) is 27.3 Å². The van der Waals surface area contributed by atoms with Crippen molar-refractivity contribution in [2.45, 2.75) is 0 Å². The molecule has 2 aromatic rings. The number of benzene rings is 1. The van der Waals surface area contributed by atoms with Crippen LogP contribution in [-0.2, 0) is 0 Å². The van der Waals surface area contributed by atoms with Gasteiger partial charge in [-0.1, -0.05) is 11.6 Å². The number of hydrogen-bond donors (Lipinski definition) is 2. The number of nitrogens with one attached hydrogen (secondary N) is 1. The monoisotopic (exact) mass is 237 g/mol. The zero-order valence-corrected chi connectivity index (χ0v) is 8.60. The number of nitrogens with zero attached hydrogens (tertiary/aromatic N) is 1. The van der Waals surface area contributed by atoms with Crippen LogP contribution in [0.3, 0.4) is 0 Å². The Hall–Kier alpha value is -2.06. The third-order valence-corrected chi connectivity index (χ3v) is 2.47. The van der Waals surface area contributed by atoms with Crippen molar-refractivity contribution in [2.24, 2.45) is 0 Å². The highest BCUT2D eigenvalue weighted by molar-refractivity contribution is 6.35. The molecule has 6 heteroatoms. The first-order valence-electron chi connectivity index (χ1n) is 4.25. The van der Waals surface area contributed by atoms with Crippen LogP contribution >= 0.6 is 11.6 Å². The maximum absolute atomic E-state index is 13.1. The Labute approximate surface area is 94.1 Å². The molecular weight excluding hydrogens is 233 g/mol. The highest BCUT2D eigenvalue weighted by Gasteiger charge is 2.12. The van der Waals surface area contributed by atoms with Gasteiger partial charge in [-0.2, -0.15) is 5.26 Å². The summed E-state index contributed by atoms with van der Waals surface area (Å²) in [5, 5.41) is 8.78. The number of anilines is 1. The number of hydrogen-bond acceptors (Lipinski definition) is 3. The van der Waals surface area contributed by atoms with Crippen LogP contribution in [-0.4, -0.2) is 4.98 Å². The number of H-pyrrole nitrogens is 1. The topological polar surface area (TPSA) is 82.7 Å². The minimum absolute atomic E-state index is 0.00995. The smallest absolute Gasteiger partial charge is 0.209 e. The summed E-state index contributed by atoms with van der Waals surface area (Å²) in [5.41, 5.74) is 4.83. The molecule has 1 aromatic carbocycles. The first-order valence-corrected chi connectivity index (χ1v) is 4.63. The summed E-state index contributed by atoms with van der Waals surface area (Å²) in [6.07, 6.45) is 0. The molecule has 4 nitrogen and oxygen atoms in total. The van der Waals surface area contributed by atoms with Crippen LogP contribution in [0.15, 0.2) is 16.9 Å². The first-order chi connectivity index (χ1) is 7.54. The molecule has 16 heavy (non-hydrogen) atoms. The van der Waals surface area contributed by atoms with Crippen molar-refractivity contribution in [1.29, 1.82) is 5.26 Å². The van der Waals surface area contributed by atoms with E-state index in [1.807, 2.05) is 0 Å². The zero-order valence-electron chi connectivity index (χ0n) is 7.84. The van der Waals surface area contributed by atoms with E-state index in [4.69, 9.17) is 22.6 Å². The average Bonchev–Trinajstić information content (AvgIpc) is 2.21. The Bertz CT molecular complexity index is 687. The van der Waals surface area contributed by atoms with Gasteiger partial charge in [-0.25, -0.2) is 4.39 Å². The highest BCUT2D eigenvalue weighted by Crippen LogP contribution is 2.22. The Balaban J connectivity index is 3.07. The highest BCUT2D eigenvalue weighted by atomic mass is 35.5. The summed E-state index contributed by atoms with van der Waals surface area (Å²) in [4.78, 5) is 14.3. The van der Waals surface area contributed by atoms with Crippen LogP contribution in [0, 0.1) is 17.1 Å². The number of halogens is 2. The predicted molar refractivity (Wildman–Crippen MR) is 58.7 cm³/mol. The second-order valence-corrected chi connectivity index (χ2v) is 3.57. The van der Waals surface area contributed by atoms with Crippen molar-refractivity contribution in [3.05, 3.63) is 38.8 Å². The molecule has 0 fully saturated rings. The van der Waals surface area contributed by atoms with E-state index in [2.05, 4.69) is 4.98 Å². The van der Waals surface area contributed by atoms with Crippen LogP contribution < -0.4 is 11.2 Å². The molecule has 0 amide bonds. The van der Waals surface area contributed by atoms with E-state index >= 15 is 0 Å². The molecule has 0 saturated carbocycles. The Morgan fingerprint density at radius 1 is 1.50 bits per heavy atom. The van der Waals surface area contributed by atoms with Crippen molar-refractivity contribution < 1.29 is 4.39 Å². The number of pyridine rings is 1. The van der Waals surface area contributed by atoms with Gasteiger partial charge >= 0.3 is 0 Å². The normalized spacial score (nSPS) is 10.3. The maximum Gasteiger partial charge on any atom is 0.209 e. The molecule has 1 aromatic heterocycles. The van der Waals surface area contributed by atoms with Gasteiger partial charge in [0.15, 0.2) is 0 Å². The summed E-state index contributed by atoms with van der Waals surface area (Å²) in [7, 11) is 0. The standard InChI is InChI=1S/C10H5ClFN3O/c11-7-2-4(12)1-5-8(7)15-10(14)6(3-13)9(5)16/h1-2H,(H3,14,15,16). The van der Waals surface area contributed by atoms with Crippen molar-refractivity contribution in [3.8, 4) is 6.07 Å². The van der Waals surface area contributed by atoms with E-state index in [0.29, 0.717) is 0 Å². The fourth-order valence-corrected chi connectivity index (χ4v) is 1.70. The van der Waals surface area contributed by atoms with Crippen molar-refractivity contribution in [3.63, 3.8) is 0 Å². The molecule has 0 saturated heterocycles. The van der Waals surface area contributed by atoms with Crippen LogP contribution in [0.5, 0.6) is 0 Å². The van der Waals surface area contributed by atoms with Gasteiger partial charge in [0, 0.05) is 0 Å². The van der Waals surface area contributed by atoms with E-state index in [1.54, 1.807) is 6.07 Å². The molecule has 3 N–H and O–H groups in total. The lowest BCUT2D eigenvalue weighted by atomic mass is 10.1. The molecule has 0 radical (unpaired) electrons. The molecule has 80 valence electrons. The predicted octanol–water partition coefficient (Wildman–Crippen LogP) is 1.77. The fraction of sp³-hybridized carbons (Fsp3) is 0. The molecule has 0 aliphatic heterocycles. The van der Waals surface area contributed by atoms with E-state index < -0.39 is 11.2 Å². The largest absolute Gasteiger partial charge is 0.384 e.